The first-order valence-corrected chi connectivity index (χ1v) is 7.79. The highest BCUT2D eigenvalue weighted by Crippen LogP contribution is 2.35. The highest BCUT2D eigenvalue weighted by Gasteiger charge is 2.42. The van der Waals surface area contributed by atoms with Gasteiger partial charge in [-0.3, -0.25) is 4.79 Å². The van der Waals surface area contributed by atoms with Crippen LogP contribution in [0.1, 0.15) is 30.3 Å². The number of aliphatic hydroxyl groups excluding tert-OH is 1. The van der Waals surface area contributed by atoms with Crippen LogP contribution in [0.3, 0.4) is 0 Å². The fourth-order valence-electron chi connectivity index (χ4n) is 2.97. The minimum atomic E-state index is -0.982. The topological polar surface area (TPSA) is 49.8 Å². The van der Waals surface area contributed by atoms with Crippen molar-refractivity contribution in [3.63, 3.8) is 0 Å². The molecule has 1 aliphatic heterocycles. The molecule has 0 radical (unpaired) electrons. The highest BCUT2D eigenvalue weighted by atomic mass is 16.5. The van der Waals surface area contributed by atoms with Gasteiger partial charge in [0.15, 0.2) is 6.10 Å². The van der Waals surface area contributed by atoms with Crippen molar-refractivity contribution in [2.24, 2.45) is 0 Å². The predicted molar refractivity (Wildman–Crippen MR) is 87.7 cm³/mol. The zero-order chi connectivity index (χ0) is 16.4. The van der Waals surface area contributed by atoms with E-state index < -0.39 is 12.2 Å². The fourth-order valence-corrected chi connectivity index (χ4v) is 2.97. The maximum Gasteiger partial charge on any atom is 0.254 e. The van der Waals surface area contributed by atoms with Gasteiger partial charge in [-0.2, -0.15) is 0 Å². The molecule has 120 valence electrons. The molecule has 1 aliphatic rings. The first kappa shape index (κ1) is 15.7. The summed E-state index contributed by atoms with van der Waals surface area (Å²) in [6.07, 6.45) is -2.14. The number of carbonyl (C=O) groups excluding carboxylic acids is 1. The maximum absolute atomic E-state index is 12.6. The average Bonchev–Trinajstić information content (AvgIpc) is 2.61. The Morgan fingerprint density at radius 2 is 1.61 bits per heavy atom. The summed E-state index contributed by atoms with van der Waals surface area (Å²) in [6, 6.07) is 18.9. The normalized spacial score (nSPS) is 26.1. The van der Waals surface area contributed by atoms with Gasteiger partial charge in [-0.05, 0) is 18.1 Å². The lowest BCUT2D eigenvalue weighted by Gasteiger charge is -2.42. The highest BCUT2D eigenvalue weighted by molar-refractivity contribution is 5.82. The van der Waals surface area contributed by atoms with Crippen LogP contribution in [0.15, 0.2) is 60.7 Å². The van der Waals surface area contributed by atoms with Crippen molar-refractivity contribution >= 4 is 5.91 Å². The van der Waals surface area contributed by atoms with Crippen molar-refractivity contribution in [2.75, 3.05) is 7.05 Å². The van der Waals surface area contributed by atoms with Gasteiger partial charge < -0.3 is 14.7 Å². The summed E-state index contributed by atoms with van der Waals surface area (Å²) in [5.41, 5.74) is 1.69. The van der Waals surface area contributed by atoms with Crippen LogP contribution in [0.5, 0.6) is 0 Å². The molecule has 1 N–H and O–H groups in total. The zero-order valence-corrected chi connectivity index (χ0v) is 13.3. The summed E-state index contributed by atoms with van der Waals surface area (Å²) in [7, 11) is 1.76. The largest absolute Gasteiger partial charge is 0.385 e. The number of likely N-dealkylation sites (N-methyl/N-ethyl adjacent to an activating group) is 1. The van der Waals surface area contributed by atoms with Gasteiger partial charge in [-0.1, -0.05) is 60.7 Å². The lowest BCUT2D eigenvalue weighted by atomic mass is 9.96. The van der Waals surface area contributed by atoms with Crippen LogP contribution < -0.4 is 0 Å². The number of aliphatic hydroxyl groups is 1. The summed E-state index contributed by atoms with van der Waals surface area (Å²) in [5, 5.41) is 10.6. The van der Waals surface area contributed by atoms with Gasteiger partial charge in [0.1, 0.15) is 12.2 Å². The van der Waals surface area contributed by atoms with Crippen molar-refractivity contribution in [2.45, 2.75) is 31.3 Å². The van der Waals surface area contributed by atoms with E-state index in [-0.39, 0.29) is 18.1 Å². The number of amides is 1. The quantitative estimate of drug-likeness (QED) is 0.948. The second kappa shape index (κ2) is 6.52. The van der Waals surface area contributed by atoms with E-state index >= 15 is 0 Å². The first-order chi connectivity index (χ1) is 11.1. The standard InChI is InChI=1S/C19H21NO3/c1-13-17(15-11-7-4-8-12-15)23-18(19(22)20(13)2)16(21)14-9-5-3-6-10-14/h3-13,16-18,21H,1-2H3/t13-,16-,17+,18+/m0/s1. The van der Waals surface area contributed by atoms with Gasteiger partial charge in [0.2, 0.25) is 0 Å². The summed E-state index contributed by atoms with van der Waals surface area (Å²) < 4.78 is 6.04. The van der Waals surface area contributed by atoms with Gasteiger partial charge in [0.25, 0.3) is 5.91 Å². The van der Waals surface area contributed by atoms with Crippen LogP contribution in [0.2, 0.25) is 0 Å². The molecule has 1 fully saturated rings. The number of morpholine rings is 1. The molecule has 0 unspecified atom stereocenters. The Morgan fingerprint density at radius 3 is 2.22 bits per heavy atom. The second-order valence-corrected chi connectivity index (χ2v) is 5.93. The summed E-state index contributed by atoms with van der Waals surface area (Å²) in [5.74, 6) is -0.193. The van der Waals surface area contributed by atoms with Crippen molar-refractivity contribution in [1.82, 2.24) is 4.90 Å². The number of hydrogen-bond donors (Lipinski definition) is 1. The summed E-state index contributed by atoms with van der Waals surface area (Å²) in [4.78, 5) is 14.2. The molecule has 1 saturated heterocycles. The van der Waals surface area contributed by atoms with Crippen LogP contribution in [0.4, 0.5) is 0 Å². The monoisotopic (exact) mass is 311 g/mol. The van der Waals surface area contributed by atoms with E-state index in [0.717, 1.165) is 5.56 Å². The zero-order valence-electron chi connectivity index (χ0n) is 13.3. The molecule has 2 aromatic carbocycles. The Kier molecular flexibility index (Phi) is 4.46. The molecule has 1 heterocycles. The van der Waals surface area contributed by atoms with Crippen molar-refractivity contribution in [3.05, 3.63) is 71.8 Å². The summed E-state index contributed by atoms with van der Waals surface area (Å²) >= 11 is 0. The number of hydrogen-bond acceptors (Lipinski definition) is 3. The second-order valence-electron chi connectivity index (χ2n) is 5.93. The minimum absolute atomic E-state index is 0.0934. The minimum Gasteiger partial charge on any atom is -0.385 e. The van der Waals surface area contributed by atoms with Gasteiger partial charge >= 0.3 is 0 Å². The molecule has 1 amide bonds. The fraction of sp³-hybridized carbons (Fsp3) is 0.316. The molecule has 4 nitrogen and oxygen atoms in total. The van der Waals surface area contributed by atoms with Gasteiger partial charge in [-0.15, -0.1) is 0 Å². The van der Waals surface area contributed by atoms with E-state index in [1.807, 2.05) is 55.5 Å². The average molecular weight is 311 g/mol. The lowest BCUT2D eigenvalue weighted by molar-refractivity contribution is -0.183. The van der Waals surface area contributed by atoms with E-state index in [4.69, 9.17) is 4.74 Å². The van der Waals surface area contributed by atoms with Crippen LogP contribution >= 0.6 is 0 Å². The van der Waals surface area contributed by atoms with Crippen molar-refractivity contribution in [3.8, 4) is 0 Å². The molecule has 3 rings (SSSR count). The Balaban J connectivity index is 1.90. The molecule has 4 atom stereocenters. The van der Waals surface area contributed by atoms with Gasteiger partial charge in [-0.25, -0.2) is 0 Å². The Hall–Kier alpha value is -2.17. The molecule has 23 heavy (non-hydrogen) atoms. The van der Waals surface area contributed by atoms with E-state index in [0.29, 0.717) is 5.56 Å². The van der Waals surface area contributed by atoms with Crippen LogP contribution in [0, 0.1) is 0 Å². The molecule has 0 aromatic heterocycles. The first-order valence-electron chi connectivity index (χ1n) is 7.79. The number of carbonyl (C=O) groups is 1. The smallest absolute Gasteiger partial charge is 0.254 e. The summed E-state index contributed by atoms with van der Waals surface area (Å²) in [6.45, 7) is 1.96. The molecule has 2 aromatic rings. The Bertz CT molecular complexity index is 659. The number of ether oxygens (including phenoxy) is 1. The van der Waals surface area contributed by atoms with Crippen molar-refractivity contribution < 1.29 is 14.6 Å². The number of rotatable bonds is 3. The Morgan fingerprint density at radius 1 is 1.04 bits per heavy atom. The number of nitrogens with zero attached hydrogens (tertiary/aromatic N) is 1. The van der Waals surface area contributed by atoms with Crippen LogP contribution in [0.25, 0.3) is 0 Å². The molecule has 4 heteroatoms. The third-order valence-electron chi connectivity index (χ3n) is 4.49. The van der Waals surface area contributed by atoms with Gasteiger partial charge in [0, 0.05) is 7.05 Å². The van der Waals surface area contributed by atoms with Crippen LogP contribution in [-0.2, 0) is 9.53 Å². The third-order valence-corrected chi connectivity index (χ3v) is 4.49. The molecule has 0 bridgehead atoms. The third kappa shape index (κ3) is 3.00. The molecular formula is C19H21NO3. The molecular weight excluding hydrogens is 290 g/mol. The molecule has 0 saturated carbocycles. The number of benzene rings is 2. The van der Waals surface area contributed by atoms with Crippen LogP contribution in [-0.4, -0.2) is 35.1 Å². The van der Waals surface area contributed by atoms with E-state index in [2.05, 4.69) is 0 Å². The molecule has 0 aliphatic carbocycles. The molecule has 0 spiro atoms. The van der Waals surface area contributed by atoms with Crippen molar-refractivity contribution in [1.29, 1.82) is 0 Å². The predicted octanol–water partition coefficient (Wildman–Crippen LogP) is 2.71. The SMILES string of the molecule is C[C@H]1[C@H](c2ccccc2)O[C@H]([C@@H](O)c2ccccc2)C(=O)N1C. The Labute approximate surface area is 136 Å². The van der Waals surface area contributed by atoms with Gasteiger partial charge in [0.05, 0.1) is 6.04 Å². The van der Waals surface area contributed by atoms with E-state index in [1.165, 1.54) is 0 Å². The maximum atomic E-state index is 12.6. The van der Waals surface area contributed by atoms with E-state index in [9.17, 15) is 9.90 Å². The van der Waals surface area contributed by atoms with E-state index in [1.54, 1.807) is 24.1 Å². The lowest BCUT2D eigenvalue weighted by Crippen LogP contribution is -2.53.